The molecule has 160 valence electrons. The van der Waals surface area contributed by atoms with E-state index in [-0.39, 0.29) is 30.5 Å². The van der Waals surface area contributed by atoms with Gasteiger partial charge in [0.05, 0.1) is 31.1 Å². The molecule has 0 aliphatic carbocycles. The summed E-state index contributed by atoms with van der Waals surface area (Å²) in [6.07, 6.45) is 3.84. The maximum Gasteiger partial charge on any atom is 0.259 e. The van der Waals surface area contributed by atoms with E-state index in [2.05, 4.69) is 10.4 Å². The van der Waals surface area contributed by atoms with Gasteiger partial charge in [0.2, 0.25) is 5.91 Å². The van der Waals surface area contributed by atoms with E-state index in [0.717, 1.165) is 0 Å². The molecule has 1 aliphatic heterocycles. The van der Waals surface area contributed by atoms with E-state index in [0.29, 0.717) is 42.2 Å². The Kier molecular flexibility index (Phi) is 5.83. The maximum atomic E-state index is 12.9. The summed E-state index contributed by atoms with van der Waals surface area (Å²) >= 11 is 0. The van der Waals surface area contributed by atoms with Crippen molar-refractivity contribution in [1.29, 1.82) is 0 Å². The van der Waals surface area contributed by atoms with Crippen LogP contribution in [-0.4, -0.2) is 44.7 Å². The van der Waals surface area contributed by atoms with Crippen LogP contribution in [0.15, 0.2) is 59.7 Å². The van der Waals surface area contributed by atoms with Gasteiger partial charge in [-0.3, -0.25) is 19.1 Å². The molecule has 9 nitrogen and oxygen atoms in total. The Labute approximate surface area is 178 Å². The van der Waals surface area contributed by atoms with Crippen LogP contribution in [0.1, 0.15) is 22.5 Å². The minimum atomic E-state index is -0.292. The molecular weight excluding hydrogens is 398 g/mol. The number of amides is 2. The van der Waals surface area contributed by atoms with Gasteiger partial charge in [-0.25, -0.2) is 0 Å². The lowest BCUT2D eigenvalue weighted by Gasteiger charge is -2.21. The van der Waals surface area contributed by atoms with Gasteiger partial charge in [0.25, 0.3) is 11.5 Å². The van der Waals surface area contributed by atoms with Gasteiger partial charge >= 0.3 is 0 Å². The lowest BCUT2D eigenvalue weighted by atomic mass is 10.2. The molecule has 0 radical (unpaired) electrons. The predicted octanol–water partition coefficient (Wildman–Crippen LogP) is 1.74. The van der Waals surface area contributed by atoms with Gasteiger partial charge in [-0.1, -0.05) is 6.07 Å². The molecular formula is C22H23N5O4. The Hall–Kier alpha value is -3.88. The second-order valence-electron chi connectivity index (χ2n) is 7.25. The van der Waals surface area contributed by atoms with E-state index >= 15 is 0 Å². The summed E-state index contributed by atoms with van der Waals surface area (Å²) in [4.78, 5) is 39.4. The summed E-state index contributed by atoms with van der Waals surface area (Å²) in [5, 5.41) is 7.20. The van der Waals surface area contributed by atoms with E-state index in [1.165, 1.54) is 16.8 Å². The zero-order valence-corrected chi connectivity index (χ0v) is 17.2. The first-order valence-electron chi connectivity index (χ1n) is 9.98. The van der Waals surface area contributed by atoms with Gasteiger partial charge in [0.1, 0.15) is 12.3 Å². The van der Waals surface area contributed by atoms with E-state index < -0.39 is 0 Å². The van der Waals surface area contributed by atoms with E-state index in [1.807, 2.05) is 0 Å². The van der Waals surface area contributed by atoms with Gasteiger partial charge in [-0.05, 0) is 36.8 Å². The number of hydrogen-bond donors (Lipinski definition) is 1. The molecule has 0 bridgehead atoms. The fraction of sp³-hybridized carbons (Fsp3) is 0.273. The first-order chi connectivity index (χ1) is 15.0. The quantitative estimate of drug-likeness (QED) is 0.677. The molecule has 0 atom stereocenters. The first kappa shape index (κ1) is 20.4. The summed E-state index contributed by atoms with van der Waals surface area (Å²) in [5.41, 5.74) is 1.51. The standard InChI is InChI=1S/C22H23N5O4/c1-31-17-8-6-16(7-9-17)24-22(30)18-13-23-27-12-4-11-25(14-19(18)27)21(29)15-26-10-3-2-5-20(26)28/h2-3,5-10,13H,4,11-12,14-15H2,1H3,(H,24,30). The largest absolute Gasteiger partial charge is 0.497 e. The highest BCUT2D eigenvalue weighted by molar-refractivity contribution is 6.05. The number of fused-ring (bicyclic) bond motifs is 1. The van der Waals surface area contributed by atoms with Crippen molar-refractivity contribution < 1.29 is 14.3 Å². The smallest absolute Gasteiger partial charge is 0.259 e. The van der Waals surface area contributed by atoms with Gasteiger partial charge in [-0.2, -0.15) is 5.10 Å². The highest BCUT2D eigenvalue weighted by Crippen LogP contribution is 2.20. The van der Waals surface area contributed by atoms with Crippen LogP contribution < -0.4 is 15.6 Å². The fourth-order valence-corrected chi connectivity index (χ4v) is 3.55. The molecule has 4 rings (SSSR count). The van der Waals surface area contributed by atoms with E-state index in [1.54, 1.807) is 59.3 Å². The number of aromatic nitrogens is 3. The summed E-state index contributed by atoms with van der Waals surface area (Å²) in [6, 6.07) is 11.8. The van der Waals surface area contributed by atoms with Crippen molar-refractivity contribution in [3.8, 4) is 5.75 Å². The van der Waals surface area contributed by atoms with E-state index in [4.69, 9.17) is 4.74 Å². The number of benzene rings is 1. The van der Waals surface area contributed by atoms with Crippen LogP contribution in [0.3, 0.4) is 0 Å². The Morgan fingerprint density at radius 1 is 1.13 bits per heavy atom. The fourth-order valence-electron chi connectivity index (χ4n) is 3.55. The lowest BCUT2D eigenvalue weighted by molar-refractivity contribution is -0.132. The van der Waals surface area contributed by atoms with Crippen molar-refractivity contribution in [3.63, 3.8) is 0 Å². The summed E-state index contributed by atoms with van der Waals surface area (Å²) < 4.78 is 8.28. The van der Waals surface area contributed by atoms with Crippen LogP contribution in [0, 0.1) is 0 Å². The average molecular weight is 421 g/mol. The Morgan fingerprint density at radius 3 is 2.68 bits per heavy atom. The van der Waals surface area contributed by atoms with Crippen LogP contribution >= 0.6 is 0 Å². The number of anilines is 1. The number of carbonyl (C=O) groups is 2. The summed E-state index contributed by atoms with van der Waals surface area (Å²) in [7, 11) is 1.58. The number of rotatable bonds is 5. The Balaban J connectivity index is 1.51. The topological polar surface area (TPSA) is 98.5 Å². The Bertz CT molecular complexity index is 1150. The molecule has 3 heterocycles. The van der Waals surface area contributed by atoms with Gasteiger partial charge in [0.15, 0.2) is 0 Å². The number of pyridine rings is 1. The van der Waals surface area contributed by atoms with Crippen molar-refractivity contribution >= 4 is 17.5 Å². The summed E-state index contributed by atoms with van der Waals surface area (Å²) in [6.45, 7) is 1.36. The number of methoxy groups -OCH3 is 1. The molecule has 0 spiro atoms. The van der Waals surface area contributed by atoms with Crippen molar-refractivity contribution in [2.24, 2.45) is 0 Å². The molecule has 0 saturated heterocycles. The molecule has 3 aromatic rings. The molecule has 1 N–H and O–H groups in total. The van der Waals surface area contributed by atoms with Crippen LogP contribution in [0.2, 0.25) is 0 Å². The van der Waals surface area contributed by atoms with Gasteiger partial charge in [-0.15, -0.1) is 0 Å². The number of ether oxygens (including phenoxy) is 1. The first-order valence-corrected chi connectivity index (χ1v) is 9.98. The Morgan fingerprint density at radius 2 is 1.94 bits per heavy atom. The number of nitrogens with one attached hydrogen (secondary N) is 1. The minimum absolute atomic E-state index is 0.0405. The zero-order valence-electron chi connectivity index (χ0n) is 17.2. The molecule has 1 aromatic carbocycles. The molecule has 9 heteroatoms. The third-order valence-electron chi connectivity index (χ3n) is 5.24. The highest BCUT2D eigenvalue weighted by atomic mass is 16.5. The van der Waals surface area contributed by atoms with Crippen LogP contribution in [0.5, 0.6) is 5.75 Å². The van der Waals surface area contributed by atoms with Crippen molar-refractivity contribution in [3.05, 3.63) is 76.5 Å². The molecule has 2 amide bonds. The maximum absolute atomic E-state index is 12.9. The van der Waals surface area contributed by atoms with Crippen molar-refractivity contribution in [2.75, 3.05) is 19.0 Å². The highest BCUT2D eigenvalue weighted by Gasteiger charge is 2.25. The molecule has 2 aromatic heterocycles. The van der Waals surface area contributed by atoms with Gasteiger partial charge < -0.3 is 19.5 Å². The third kappa shape index (κ3) is 4.50. The second-order valence-corrected chi connectivity index (χ2v) is 7.25. The monoisotopic (exact) mass is 421 g/mol. The summed E-state index contributed by atoms with van der Waals surface area (Å²) in [5.74, 6) is 0.230. The zero-order chi connectivity index (χ0) is 21.8. The van der Waals surface area contributed by atoms with E-state index in [9.17, 15) is 14.4 Å². The van der Waals surface area contributed by atoms with Crippen LogP contribution in [0.4, 0.5) is 5.69 Å². The van der Waals surface area contributed by atoms with Crippen molar-refractivity contribution in [1.82, 2.24) is 19.2 Å². The molecule has 0 unspecified atom stereocenters. The second kappa shape index (κ2) is 8.86. The van der Waals surface area contributed by atoms with Crippen LogP contribution in [0.25, 0.3) is 0 Å². The third-order valence-corrected chi connectivity index (χ3v) is 5.24. The SMILES string of the molecule is COc1ccc(NC(=O)c2cnn3c2CN(C(=O)Cn2ccccc2=O)CCC3)cc1. The normalized spacial score (nSPS) is 13.3. The van der Waals surface area contributed by atoms with Crippen molar-refractivity contribution in [2.45, 2.75) is 26.1 Å². The van der Waals surface area contributed by atoms with Crippen LogP contribution in [-0.2, 0) is 24.4 Å². The molecule has 0 saturated carbocycles. The number of carbonyl (C=O) groups excluding carboxylic acids is 2. The number of aryl methyl sites for hydroxylation is 1. The molecule has 31 heavy (non-hydrogen) atoms. The average Bonchev–Trinajstić information content (AvgIpc) is 3.05. The lowest BCUT2D eigenvalue weighted by Crippen LogP contribution is -2.36. The number of nitrogens with zero attached hydrogens (tertiary/aromatic N) is 4. The molecule has 1 aliphatic rings. The predicted molar refractivity (Wildman–Crippen MR) is 114 cm³/mol. The molecule has 0 fully saturated rings. The minimum Gasteiger partial charge on any atom is -0.497 e. The van der Waals surface area contributed by atoms with Gasteiger partial charge in [0, 0.05) is 31.0 Å². The number of hydrogen-bond acceptors (Lipinski definition) is 5.